The smallest absolute Gasteiger partial charge is 0.299 e. The summed E-state index contributed by atoms with van der Waals surface area (Å²) in [5.74, 6) is 8.00. The number of likely N-dealkylation sites (tertiary alicyclic amines) is 1. The molecule has 3 fully saturated rings. The number of piperidine rings is 1. The lowest BCUT2D eigenvalue weighted by molar-refractivity contribution is -0.201. The van der Waals surface area contributed by atoms with Crippen LogP contribution in [0.1, 0.15) is 73.8 Å². The van der Waals surface area contributed by atoms with Gasteiger partial charge in [0.1, 0.15) is 11.9 Å². The van der Waals surface area contributed by atoms with Gasteiger partial charge in [0.15, 0.2) is 0 Å². The zero-order chi connectivity index (χ0) is 27.8. The van der Waals surface area contributed by atoms with Gasteiger partial charge in [-0.1, -0.05) is 38.0 Å². The molecular formula is C35H42N2O3. The average Bonchev–Trinajstić information content (AvgIpc) is 3.67. The standard InChI is InChI=1S/C35H42N2O3/c1-22(2)20-37(31(38)13-12-25-9-8-23(3)24(4)18-25)28-14-15-35(39)30-19-27-6-5-7-29-32(27)34(35,33(28)40-29)16-17-36(30)21-26-10-11-26/h5-9,18,22,26,28,30,33,39H,10-11,14-17,19-21H2,1-4H3/t28-,30-,33+,34+,35-/m1/s1. The number of carbonyl (C=O) groups is 1. The Morgan fingerprint density at radius 3 is 2.73 bits per heavy atom. The summed E-state index contributed by atoms with van der Waals surface area (Å²) in [6, 6.07) is 12.5. The molecule has 0 radical (unpaired) electrons. The van der Waals surface area contributed by atoms with E-state index < -0.39 is 11.0 Å². The number of hydrogen-bond donors (Lipinski definition) is 1. The predicted molar refractivity (Wildman–Crippen MR) is 156 cm³/mol. The third kappa shape index (κ3) is 3.86. The highest BCUT2D eigenvalue weighted by Gasteiger charge is 2.73. The van der Waals surface area contributed by atoms with E-state index in [-0.39, 0.29) is 24.1 Å². The molecule has 2 saturated carbocycles. The molecule has 210 valence electrons. The molecule has 0 unspecified atom stereocenters. The Kier molecular flexibility index (Phi) is 6.11. The number of carbonyl (C=O) groups excluding carboxylic acids is 1. The van der Waals surface area contributed by atoms with Crippen LogP contribution in [0.25, 0.3) is 0 Å². The molecule has 5 nitrogen and oxygen atoms in total. The number of aliphatic hydroxyl groups is 1. The molecule has 2 bridgehead atoms. The second kappa shape index (κ2) is 9.36. The third-order valence-corrected chi connectivity index (χ3v) is 10.7. The van der Waals surface area contributed by atoms with Crippen molar-refractivity contribution >= 4 is 5.91 Å². The first-order valence-corrected chi connectivity index (χ1v) is 15.4. The van der Waals surface area contributed by atoms with Gasteiger partial charge in [0, 0.05) is 36.2 Å². The molecule has 40 heavy (non-hydrogen) atoms. The van der Waals surface area contributed by atoms with E-state index in [4.69, 9.17) is 4.74 Å². The Balaban J connectivity index is 1.26. The Bertz CT molecular complexity index is 1420. The Labute approximate surface area is 238 Å². The number of rotatable bonds is 5. The lowest BCUT2D eigenvalue weighted by Gasteiger charge is -2.65. The first kappa shape index (κ1) is 26.1. The summed E-state index contributed by atoms with van der Waals surface area (Å²) in [7, 11) is 0. The van der Waals surface area contributed by atoms with E-state index in [2.05, 4.69) is 74.8 Å². The largest absolute Gasteiger partial charge is 0.487 e. The van der Waals surface area contributed by atoms with Crippen molar-refractivity contribution in [3.05, 3.63) is 64.2 Å². The van der Waals surface area contributed by atoms with Crippen LogP contribution < -0.4 is 4.74 Å². The molecule has 2 aromatic carbocycles. The van der Waals surface area contributed by atoms with Gasteiger partial charge in [0.2, 0.25) is 0 Å². The Morgan fingerprint density at radius 2 is 1.98 bits per heavy atom. The SMILES string of the molecule is Cc1ccc(C#CC(=O)N(CC(C)C)[C@@H]2CC[C@@]3(O)[C@H]4Cc5cccc6c5[C@@]3(CCN4CC3CC3)[C@H]2O6)cc1C. The number of benzene rings is 2. The minimum absolute atomic E-state index is 0.105. The second-order valence-electron chi connectivity index (χ2n) is 13.6. The predicted octanol–water partition coefficient (Wildman–Crippen LogP) is 4.77. The molecule has 1 amide bonds. The van der Waals surface area contributed by atoms with Gasteiger partial charge in [-0.05, 0) is 106 Å². The molecule has 5 atom stereocenters. The third-order valence-electron chi connectivity index (χ3n) is 10.7. The van der Waals surface area contributed by atoms with E-state index in [1.165, 1.54) is 35.1 Å². The van der Waals surface area contributed by atoms with E-state index >= 15 is 0 Å². The minimum Gasteiger partial charge on any atom is -0.487 e. The van der Waals surface area contributed by atoms with Crippen LogP contribution >= 0.6 is 0 Å². The number of aryl methyl sites for hydroxylation is 2. The first-order valence-electron chi connectivity index (χ1n) is 15.4. The summed E-state index contributed by atoms with van der Waals surface area (Å²) in [4.78, 5) is 18.5. The molecular weight excluding hydrogens is 496 g/mol. The number of amides is 1. The molecule has 2 heterocycles. The molecule has 3 aliphatic carbocycles. The maximum Gasteiger partial charge on any atom is 0.299 e. The number of nitrogens with zero attached hydrogens (tertiary/aromatic N) is 2. The normalized spacial score (nSPS) is 31.7. The van der Waals surface area contributed by atoms with Crippen molar-refractivity contribution in [1.82, 2.24) is 9.80 Å². The summed E-state index contributed by atoms with van der Waals surface area (Å²) < 4.78 is 6.87. The highest BCUT2D eigenvalue weighted by atomic mass is 16.5. The van der Waals surface area contributed by atoms with E-state index in [0.717, 1.165) is 49.6 Å². The Morgan fingerprint density at radius 1 is 1.15 bits per heavy atom. The van der Waals surface area contributed by atoms with Crippen molar-refractivity contribution in [2.45, 2.75) is 95.4 Å². The van der Waals surface area contributed by atoms with Crippen LogP contribution in [0, 0.1) is 37.5 Å². The lowest BCUT2D eigenvalue weighted by atomic mass is 9.48. The first-order chi connectivity index (χ1) is 19.2. The molecule has 5 aliphatic rings. The summed E-state index contributed by atoms with van der Waals surface area (Å²) in [6.07, 6.45) is 5.53. The number of ether oxygens (including phenoxy) is 1. The highest BCUT2D eigenvalue weighted by Crippen LogP contribution is 2.64. The molecule has 0 aromatic heterocycles. The van der Waals surface area contributed by atoms with Crippen LogP contribution in [0.4, 0.5) is 0 Å². The van der Waals surface area contributed by atoms with Crippen molar-refractivity contribution in [3.8, 4) is 17.6 Å². The fraction of sp³-hybridized carbons (Fsp3) is 0.571. The zero-order valence-electron chi connectivity index (χ0n) is 24.4. The maximum atomic E-state index is 13.9. The molecule has 2 aliphatic heterocycles. The van der Waals surface area contributed by atoms with Crippen molar-refractivity contribution < 1.29 is 14.6 Å². The topological polar surface area (TPSA) is 53.0 Å². The van der Waals surface area contributed by atoms with Crippen molar-refractivity contribution in [3.63, 3.8) is 0 Å². The summed E-state index contributed by atoms with van der Waals surface area (Å²) >= 11 is 0. The molecule has 2 aromatic rings. The highest BCUT2D eigenvalue weighted by molar-refractivity contribution is 5.94. The minimum atomic E-state index is -0.849. The summed E-state index contributed by atoms with van der Waals surface area (Å²) in [6.45, 7) is 11.2. The van der Waals surface area contributed by atoms with Gasteiger partial charge in [0.25, 0.3) is 5.91 Å². The van der Waals surface area contributed by atoms with Gasteiger partial charge in [-0.15, -0.1) is 0 Å². The molecule has 1 saturated heterocycles. The van der Waals surface area contributed by atoms with E-state index in [9.17, 15) is 9.90 Å². The van der Waals surface area contributed by atoms with Gasteiger partial charge >= 0.3 is 0 Å². The average molecular weight is 539 g/mol. The molecule has 7 rings (SSSR count). The van der Waals surface area contributed by atoms with Gasteiger partial charge < -0.3 is 14.7 Å². The van der Waals surface area contributed by atoms with E-state index in [1.807, 2.05) is 11.0 Å². The van der Waals surface area contributed by atoms with Crippen LogP contribution in [0.3, 0.4) is 0 Å². The van der Waals surface area contributed by atoms with Crippen LogP contribution in [0.5, 0.6) is 5.75 Å². The van der Waals surface area contributed by atoms with Crippen molar-refractivity contribution in [1.29, 1.82) is 0 Å². The van der Waals surface area contributed by atoms with E-state index in [0.29, 0.717) is 18.9 Å². The van der Waals surface area contributed by atoms with Crippen LogP contribution in [0.15, 0.2) is 36.4 Å². The fourth-order valence-corrected chi connectivity index (χ4v) is 8.52. The monoisotopic (exact) mass is 538 g/mol. The number of hydrogen-bond acceptors (Lipinski definition) is 4. The molecule has 5 heteroatoms. The van der Waals surface area contributed by atoms with Crippen LogP contribution in [-0.4, -0.2) is 64.2 Å². The second-order valence-corrected chi connectivity index (χ2v) is 13.6. The quantitative estimate of drug-likeness (QED) is 0.557. The fourth-order valence-electron chi connectivity index (χ4n) is 8.52. The maximum absolute atomic E-state index is 13.9. The van der Waals surface area contributed by atoms with E-state index in [1.54, 1.807) is 0 Å². The van der Waals surface area contributed by atoms with Gasteiger partial charge in [-0.25, -0.2) is 0 Å². The van der Waals surface area contributed by atoms with Gasteiger partial charge in [-0.3, -0.25) is 9.69 Å². The van der Waals surface area contributed by atoms with Crippen molar-refractivity contribution in [2.24, 2.45) is 11.8 Å². The van der Waals surface area contributed by atoms with Crippen LogP contribution in [0.2, 0.25) is 0 Å². The van der Waals surface area contributed by atoms with Gasteiger partial charge in [0.05, 0.1) is 17.1 Å². The lowest BCUT2D eigenvalue weighted by Crippen LogP contribution is -2.78. The van der Waals surface area contributed by atoms with Crippen molar-refractivity contribution in [2.75, 3.05) is 19.6 Å². The molecule has 1 spiro atoms. The summed E-state index contributed by atoms with van der Waals surface area (Å²) in [5.41, 5.74) is 4.49. The Hall–Kier alpha value is -2.81. The summed E-state index contributed by atoms with van der Waals surface area (Å²) in [5, 5.41) is 12.8. The van der Waals surface area contributed by atoms with Gasteiger partial charge in [-0.2, -0.15) is 0 Å². The molecule has 1 N–H and O–H groups in total. The zero-order valence-corrected chi connectivity index (χ0v) is 24.4. The van der Waals surface area contributed by atoms with Crippen LogP contribution in [-0.2, 0) is 16.6 Å².